The van der Waals surface area contributed by atoms with Gasteiger partial charge in [0.15, 0.2) is 0 Å². The molecule has 1 heterocycles. The van der Waals surface area contributed by atoms with E-state index >= 15 is 0 Å². The standard InChI is InChI=1S/C14H16N2O3/c1-9-13(14(19-4)16-8-15-9)10-5-11(17-2)7-12(6-10)18-3/h5-8H,1-4H3. The normalized spacial score (nSPS) is 10.1. The Kier molecular flexibility index (Phi) is 3.85. The first-order valence-corrected chi connectivity index (χ1v) is 5.78. The summed E-state index contributed by atoms with van der Waals surface area (Å²) in [4.78, 5) is 8.33. The van der Waals surface area contributed by atoms with Gasteiger partial charge >= 0.3 is 0 Å². The summed E-state index contributed by atoms with van der Waals surface area (Å²) in [5.41, 5.74) is 2.57. The molecule has 0 fully saturated rings. The summed E-state index contributed by atoms with van der Waals surface area (Å²) < 4.78 is 15.8. The highest BCUT2D eigenvalue weighted by Gasteiger charge is 2.13. The molecular weight excluding hydrogens is 244 g/mol. The fourth-order valence-corrected chi connectivity index (χ4v) is 1.89. The number of aromatic nitrogens is 2. The molecule has 0 unspecified atom stereocenters. The van der Waals surface area contributed by atoms with Gasteiger partial charge in [0.05, 0.1) is 32.6 Å². The summed E-state index contributed by atoms with van der Waals surface area (Å²) in [6.45, 7) is 1.91. The Morgan fingerprint density at radius 3 is 2.00 bits per heavy atom. The lowest BCUT2D eigenvalue weighted by atomic mass is 10.0. The van der Waals surface area contributed by atoms with Crippen molar-refractivity contribution in [3.05, 3.63) is 30.2 Å². The fraction of sp³-hybridized carbons (Fsp3) is 0.286. The summed E-state index contributed by atoms with van der Waals surface area (Å²) in [5.74, 6) is 1.95. The highest BCUT2D eigenvalue weighted by Crippen LogP contribution is 2.35. The summed E-state index contributed by atoms with van der Waals surface area (Å²) in [6.07, 6.45) is 1.48. The predicted octanol–water partition coefficient (Wildman–Crippen LogP) is 2.48. The van der Waals surface area contributed by atoms with Gasteiger partial charge in [0.25, 0.3) is 0 Å². The highest BCUT2D eigenvalue weighted by molar-refractivity contribution is 5.73. The van der Waals surface area contributed by atoms with Crippen molar-refractivity contribution in [2.45, 2.75) is 6.92 Å². The molecule has 0 N–H and O–H groups in total. The molecule has 5 nitrogen and oxygen atoms in total. The molecule has 0 saturated heterocycles. The van der Waals surface area contributed by atoms with Gasteiger partial charge < -0.3 is 14.2 Å². The number of hydrogen-bond acceptors (Lipinski definition) is 5. The highest BCUT2D eigenvalue weighted by atomic mass is 16.5. The molecule has 0 bridgehead atoms. The fourth-order valence-electron chi connectivity index (χ4n) is 1.89. The van der Waals surface area contributed by atoms with Crippen LogP contribution in [0.5, 0.6) is 17.4 Å². The van der Waals surface area contributed by atoms with Gasteiger partial charge in [-0.2, -0.15) is 0 Å². The Morgan fingerprint density at radius 1 is 0.842 bits per heavy atom. The third-order valence-electron chi connectivity index (χ3n) is 2.84. The van der Waals surface area contributed by atoms with Crippen molar-refractivity contribution in [1.82, 2.24) is 9.97 Å². The molecule has 1 aromatic carbocycles. The molecule has 0 aliphatic rings. The van der Waals surface area contributed by atoms with Crippen LogP contribution in [0.25, 0.3) is 11.1 Å². The molecule has 0 aliphatic heterocycles. The zero-order valence-corrected chi connectivity index (χ0v) is 11.4. The van der Waals surface area contributed by atoms with Crippen LogP contribution in [0, 0.1) is 6.92 Å². The lowest BCUT2D eigenvalue weighted by molar-refractivity contribution is 0.393. The molecule has 19 heavy (non-hydrogen) atoms. The second-order valence-corrected chi connectivity index (χ2v) is 3.94. The maximum absolute atomic E-state index is 5.29. The quantitative estimate of drug-likeness (QED) is 0.845. The third kappa shape index (κ3) is 2.59. The zero-order valence-electron chi connectivity index (χ0n) is 11.4. The number of ether oxygens (including phenoxy) is 3. The van der Waals surface area contributed by atoms with Crippen molar-refractivity contribution < 1.29 is 14.2 Å². The summed E-state index contributed by atoms with van der Waals surface area (Å²) in [6, 6.07) is 5.61. The predicted molar refractivity (Wildman–Crippen MR) is 71.9 cm³/mol. The molecule has 1 aromatic heterocycles. The first-order valence-electron chi connectivity index (χ1n) is 5.78. The zero-order chi connectivity index (χ0) is 13.8. The Balaban J connectivity index is 2.64. The largest absolute Gasteiger partial charge is 0.497 e. The van der Waals surface area contributed by atoms with Crippen LogP contribution in [-0.2, 0) is 0 Å². The second-order valence-electron chi connectivity index (χ2n) is 3.94. The Labute approximate surface area is 112 Å². The topological polar surface area (TPSA) is 53.5 Å². The average molecular weight is 260 g/mol. The molecule has 2 rings (SSSR count). The van der Waals surface area contributed by atoms with Gasteiger partial charge in [-0.15, -0.1) is 0 Å². The van der Waals surface area contributed by atoms with E-state index in [1.165, 1.54) is 6.33 Å². The monoisotopic (exact) mass is 260 g/mol. The molecule has 0 aliphatic carbocycles. The number of benzene rings is 1. The van der Waals surface area contributed by atoms with Gasteiger partial charge in [0, 0.05) is 6.07 Å². The Hall–Kier alpha value is -2.30. The van der Waals surface area contributed by atoms with Crippen LogP contribution in [0.15, 0.2) is 24.5 Å². The lowest BCUT2D eigenvalue weighted by Crippen LogP contribution is -1.97. The molecule has 0 saturated carbocycles. The van der Waals surface area contributed by atoms with E-state index < -0.39 is 0 Å². The van der Waals surface area contributed by atoms with E-state index in [-0.39, 0.29) is 0 Å². The van der Waals surface area contributed by atoms with Gasteiger partial charge in [-0.25, -0.2) is 9.97 Å². The van der Waals surface area contributed by atoms with E-state index in [9.17, 15) is 0 Å². The van der Waals surface area contributed by atoms with E-state index in [1.807, 2.05) is 25.1 Å². The lowest BCUT2D eigenvalue weighted by Gasteiger charge is -2.12. The van der Waals surface area contributed by atoms with Crippen molar-refractivity contribution in [1.29, 1.82) is 0 Å². The van der Waals surface area contributed by atoms with E-state index in [2.05, 4.69) is 9.97 Å². The molecule has 0 spiro atoms. The van der Waals surface area contributed by atoms with Gasteiger partial charge in [0.2, 0.25) is 5.88 Å². The molecule has 5 heteroatoms. The summed E-state index contributed by atoms with van der Waals surface area (Å²) >= 11 is 0. The smallest absolute Gasteiger partial charge is 0.224 e. The SMILES string of the molecule is COc1cc(OC)cc(-c2c(C)ncnc2OC)c1. The minimum atomic E-state index is 0.530. The van der Waals surface area contributed by atoms with Crippen LogP contribution < -0.4 is 14.2 Å². The van der Waals surface area contributed by atoms with Crippen molar-refractivity contribution in [2.24, 2.45) is 0 Å². The van der Waals surface area contributed by atoms with Crippen LogP contribution in [-0.4, -0.2) is 31.3 Å². The third-order valence-corrected chi connectivity index (χ3v) is 2.84. The second kappa shape index (κ2) is 5.56. The van der Waals surface area contributed by atoms with Crippen LogP contribution in [0.3, 0.4) is 0 Å². The van der Waals surface area contributed by atoms with E-state index in [0.29, 0.717) is 17.4 Å². The molecule has 100 valence electrons. The number of aryl methyl sites for hydroxylation is 1. The number of methoxy groups -OCH3 is 3. The Bertz CT molecular complexity index is 563. The maximum Gasteiger partial charge on any atom is 0.224 e. The average Bonchev–Trinajstić information content (AvgIpc) is 2.46. The molecular formula is C14H16N2O3. The molecule has 0 atom stereocenters. The minimum absolute atomic E-state index is 0.530. The minimum Gasteiger partial charge on any atom is -0.497 e. The maximum atomic E-state index is 5.29. The van der Waals surface area contributed by atoms with Crippen LogP contribution in [0.2, 0.25) is 0 Å². The van der Waals surface area contributed by atoms with Crippen LogP contribution >= 0.6 is 0 Å². The first-order chi connectivity index (χ1) is 9.19. The van der Waals surface area contributed by atoms with Gasteiger partial charge in [-0.05, 0) is 24.6 Å². The molecule has 2 aromatic rings. The van der Waals surface area contributed by atoms with E-state index in [0.717, 1.165) is 16.8 Å². The molecule has 0 amide bonds. The van der Waals surface area contributed by atoms with E-state index in [4.69, 9.17) is 14.2 Å². The van der Waals surface area contributed by atoms with Crippen molar-refractivity contribution in [3.63, 3.8) is 0 Å². The van der Waals surface area contributed by atoms with Crippen LogP contribution in [0.1, 0.15) is 5.69 Å². The number of rotatable bonds is 4. The van der Waals surface area contributed by atoms with E-state index in [1.54, 1.807) is 21.3 Å². The number of hydrogen-bond donors (Lipinski definition) is 0. The van der Waals surface area contributed by atoms with Crippen molar-refractivity contribution in [2.75, 3.05) is 21.3 Å². The van der Waals surface area contributed by atoms with Gasteiger partial charge in [-0.1, -0.05) is 0 Å². The molecule has 0 radical (unpaired) electrons. The van der Waals surface area contributed by atoms with Crippen LogP contribution in [0.4, 0.5) is 0 Å². The Morgan fingerprint density at radius 2 is 1.47 bits per heavy atom. The first kappa shape index (κ1) is 13.1. The van der Waals surface area contributed by atoms with Gasteiger partial charge in [0.1, 0.15) is 17.8 Å². The van der Waals surface area contributed by atoms with Crippen molar-refractivity contribution >= 4 is 0 Å². The van der Waals surface area contributed by atoms with Crippen molar-refractivity contribution in [3.8, 4) is 28.5 Å². The van der Waals surface area contributed by atoms with Gasteiger partial charge in [-0.3, -0.25) is 0 Å². The number of nitrogens with zero attached hydrogens (tertiary/aromatic N) is 2. The summed E-state index contributed by atoms with van der Waals surface area (Å²) in [7, 11) is 4.82. The summed E-state index contributed by atoms with van der Waals surface area (Å²) in [5, 5.41) is 0.